The topological polar surface area (TPSA) is 43.8 Å². The first-order valence-electron chi connectivity index (χ1n) is 6.51. The molecule has 0 saturated heterocycles. The van der Waals surface area contributed by atoms with Crippen molar-refractivity contribution < 1.29 is 14.3 Å². The van der Waals surface area contributed by atoms with E-state index in [1.165, 1.54) is 12.1 Å². The van der Waals surface area contributed by atoms with Crippen LogP contribution in [0.5, 0.6) is 0 Å². The molecule has 1 N–H and O–H groups in total. The lowest BCUT2D eigenvalue weighted by Gasteiger charge is -2.25. The Hall–Kier alpha value is -1.46. The minimum absolute atomic E-state index is 0.0315. The zero-order valence-electron chi connectivity index (χ0n) is 11.5. The first kappa shape index (κ1) is 15.6. The molecule has 0 unspecified atom stereocenters. The number of rotatable bonds is 7. The van der Waals surface area contributed by atoms with E-state index in [1.54, 1.807) is 17.0 Å². The van der Waals surface area contributed by atoms with Gasteiger partial charge >= 0.3 is 0 Å². The summed E-state index contributed by atoms with van der Waals surface area (Å²) in [5.74, 6) is -0.368. The van der Waals surface area contributed by atoms with Crippen LogP contribution in [0.25, 0.3) is 0 Å². The van der Waals surface area contributed by atoms with Gasteiger partial charge in [0.15, 0.2) is 0 Å². The summed E-state index contributed by atoms with van der Waals surface area (Å²) < 4.78 is 12.9. The zero-order chi connectivity index (χ0) is 14.3. The molecule has 0 saturated carbocycles. The van der Waals surface area contributed by atoms with E-state index in [4.69, 9.17) is 5.11 Å². The van der Waals surface area contributed by atoms with Crippen LogP contribution >= 0.6 is 0 Å². The van der Waals surface area contributed by atoms with Crippen molar-refractivity contribution in [2.75, 3.05) is 37.7 Å². The summed E-state index contributed by atoms with van der Waals surface area (Å²) in [5.41, 5.74) is 0.689. The highest BCUT2D eigenvalue weighted by atomic mass is 19.1. The standard InChI is InChI=1S/C14H21FN2O2/c1-3-16(9-10-18)11-14(19)17(4-2)13-7-5-12(15)6-8-13/h5-8,18H,3-4,9-11H2,1-2H3. The number of hydrogen-bond acceptors (Lipinski definition) is 3. The number of likely N-dealkylation sites (N-methyl/N-ethyl adjacent to an activating group) is 2. The fourth-order valence-electron chi connectivity index (χ4n) is 1.89. The van der Waals surface area contributed by atoms with Crippen molar-refractivity contribution in [3.05, 3.63) is 30.1 Å². The molecule has 0 radical (unpaired) electrons. The second kappa shape index (κ2) is 7.86. The third-order valence-corrected chi connectivity index (χ3v) is 2.98. The first-order chi connectivity index (χ1) is 9.12. The molecule has 4 nitrogen and oxygen atoms in total. The fraction of sp³-hybridized carbons (Fsp3) is 0.500. The van der Waals surface area contributed by atoms with Crippen LogP contribution < -0.4 is 4.90 Å². The van der Waals surface area contributed by atoms with E-state index in [2.05, 4.69) is 0 Å². The molecule has 0 aliphatic heterocycles. The molecule has 1 aromatic rings. The van der Waals surface area contributed by atoms with Crippen LogP contribution in [0.3, 0.4) is 0 Å². The minimum Gasteiger partial charge on any atom is -0.395 e. The Bertz CT molecular complexity index is 395. The Morgan fingerprint density at radius 1 is 1.21 bits per heavy atom. The van der Waals surface area contributed by atoms with Gasteiger partial charge in [0.2, 0.25) is 5.91 Å². The Morgan fingerprint density at radius 3 is 2.32 bits per heavy atom. The van der Waals surface area contributed by atoms with Crippen molar-refractivity contribution >= 4 is 11.6 Å². The number of carbonyl (C=O) groups excluding carboxylic acids is 1. The number of halogens is 1. The van der Waals surface area contributed by atoms with Crippen LogP contribution in [-0.2, 0) is 4.79 Å². The lowest BCUT2D eigenvalue weighted by Crippen LogP contribution is -2.41. The molecule has 0 bridgehead atoms. The smallest absolute Gasteiger partial charge is 0.241 e. The zero-order valence-corrected chi connectivity index (χ0v) is 11.5. The average molecular weight is 268 g/mol. The molecule has 106 valence electrons. The average Bonchev–Trinajstić information content (AvgIpc) is 2.41. The Kier molecular flexibility index (Phi) is 6.45. The number of nitrogens with zero attached hydrogens (tertiary/aromatic N) is 2. The van der Waals surface area contributed by atoms with Crippen LogP contribution in [0.4, 0.5) is 10.1 Å². The second-order valence-electron chi connectivity index (χ2n) is 4.21. The highest BCUT2D eigenvalue weighted by Gasteiger charge is 2.16. The maximum atomic E-state index is 12.9. The van der Waals surface area contributed by atoms with Crippen molar-refractivity contribution in [1.29, 1.82) is 0 Å². The van der Waals surface area contributed by atoms with E-state index < -0.39 is 0 Å². The monoisotopic (exact) mass is 268 g/mol. The Morgan fingerprint density at radius 2 is 1.84 bits per heavy atom. The molecule has 0 aliphatic rings. The number of anilines is 1. The fourth-order valence-corrected chi connectivity index (χ4v) is 1.89. The van der Waals surface area contributed by atoms with Crippen LogP contribution in [-0.4, -0.2) is 48.7 Å². The van der Waals surface area contributed by atoms with Gasteiger partial charge in [0.1, 0.15) is 5.82 Å². The van der Waals surface area contributed by atoms with Gasteiger partial charge in [-0.05, 0) is 37.7 Å². The van der Waals surface area contributed by atoms with E-state index >= 15 is 0 Å². The molecular formula is C14H21FN2O2. The normalized spacial score (nSPS) is 10.8. The van der Waals surface area contributed by atoms with E-state index in [1.807, 2.05) is 18.7 Å². The third-order valence-electron chi connectivity index (χ3n) is 2.98. The summed E-state index contributed by atoms with van der Waals surface area (Å²) >= 11 is 0. The van der Waals surface area contributed by atoms with Gasteiger partial charge in [0.25, 0.3) is 0 Å². The van der Waals surface area contributed by atoms with Crippen molar-refractivity contribution in [2.45, 2.75) is 13.8 Å². The van der Waals surface area contributed by atoms with E-state index in [-0.39, 0.29) is 24.9 Å². The van der Waals surface area contributed by atoms with Gasteiger partial charge < -0.3 is 10.0 Å². The van der Waals surface area contributed by atoms with Gasteiger partial charge in [0, 0.05) is 18.8 Å². The van der Waals surface area contributed by atoms with Gasteiger partial charge in [-0.15, -0.1) is 0 Å². The number of benzene rings is 1. The van der Waals surface area contributed by atoms with E-state index in [0.717, 1.165) is 0 Å². The van der Waals surface area contributed by atoms with Crippen molar-refractivity contribution in [3.63, 3.8) is 0 Å². The SMILES string of the molecule is CCN(CCO)CC(=O)N(CC)c1ccc(F)cc1. The van der Waals surface area contributed by atoms with Crippen LogP contribution in [0.1, 0.15) is 13.8 Å². The summed E-state index contributed by atoms with van der Waals surface area (Å²) in [6.07, 6.45) is 0. The molecule has 1 aromatic carbocycles. The quantitative estimate of drug-likeness (QED) is 0.815. The van der Waals surface area contributed by atoms with Crippen molar-refractivity contribution in [3.8, 4) is 0 Å². The van der Waals surface area contributed by atoms with Gasteiger partial charge in [-0.3, -0.25) is 9.69 Å². The highest BCUT2D eigenvalue weighted by Crippen LogP contribution is 2.15. The summed E-state index contributed by atoms with van der Waals surface area (Å²) in [4.78, 5) is 15.7. The molecule has 1 amide bonds. The Balaban J connectivity index is 2.73. The largest absolute Gasteiger partial charge is 0.395 e. The molecule has 0 spiro atoms. The predicted octanol–water partition coefficient (Wildman–Crippen LogP) is 1.49. The van der Waals surface area contributed by atoms with Crippen molar-refractivity contribution in [1.82, 2.24) is 4.90 Å². The van der Waals surface area contributed by atoms with Crippen LogP contribution in [0, 0.1) is 5.82 Å². The molecule has 0 aromatic heterocycles. The van der Waals surface area contributed by atoms with Crippen LogP contribution in [0.15, 0.2) is 24.3 Å². The van der Waals surface area contributed by atoms with E-state index in [9.17, 15) is 9.18 Å². The second-order valence-corrected chi connectivity index (χ2v) is 4.21. The summed E-state index contributed by atoms with van der Waals surface area (Å²) in [6.45, 7) is 5.81. The molecule has 0 fully saturated rings. The van der Waals surface area contributed by atoms with Gasteiger partial charge in [-0.1, -0.05) is 6.92 Å². The number of carbonyl (C=O) groups is 1. The molecular weight excluding hydrogens is 247 g/mol. The predicted molar refractivity (Wildman–Crippen MR) is 73.6 cm³/mol. The molecule has 0 aliphatic carbocycles. The maximum absolute atomic E-state index is 12.9. The number of aliphatic hydroxyl groups excluding tert-OH is 1. The minimum atomic E-state index is -0.317. The highest BCUT2D eigenvalue weighted by molar-refractivity contribution is 5.94. The summed E-state index contributed by atoms with van der Waals surface area (Å²) in [6, 6.07) is 5.88. The molecule has 0 heterocycles. The molecule has 19 heavy (non-hydrogen) atoms. The summed E-state index contributed by atoms with van der Waals surface area (Å²) in [7, 11) is 0. The van der Waals surface area contributed by atoms with Gasteiger partial charge in [-0.2, -0.15) is 0 Å². The lowest BCUT2D eigenvalue weighted by molar-refractivity contribution is -0.119. The van der Waals surface area contributed by atoms with Gasteiger partial charge in [-0.25, -0.2) is 4.39 Å². The number of aliphatic hydroxyl groups is 1. The maximum Gasteiger partial charge on any atom is 0.241 e. The van der Waals surface area contributed by atoms with Crippen LogP contribution in [0.2, 0.25) is 0 Å². The van der Waals surface area contributed by atoms with E-state index in [0.29, 0.717) is 25.3 Å². The first-order valence-corrected chi connectivity index (χ1v) is 6.51. The third kappa shape index (κ3) is 4.61. The molecule has 0 atom stereocenters. The van der Waals surface area contributed by atoms with Crippen molar-refractivity contribution in [2.24, 2.45) is 0 Å². The molecule has 5 heteroatoms. The number of amides is 1. The summed E-state index contributed by atoms with van der Waals surface area (Å²) in [5, 5.41) is 8.92. The van der Waals surface area contributed by atoms with Gasteiger partial charge in [0.05, 0.1) is 13.2 Å². The number of hydrogen-bond donors (Lipinski definition) is 1. The lowest BCUT2D eigenvalue weighted by atomic mass is 10.2. The Labute approximate surface area is 113 Å². The molecule has 1 rings (SSSR count).